The van der Waals surface area contributed by atoms with Gasteiger partial charge in [-0.1, -0.05) is 6.08 Å². The summed E-state index contributed by atoms with van der Waals surface area (Å²) in [6, 6.07) is 0. The van der Waals surface area contributed by atoms with Crippen molar-refractivity contribution in [3.05, 3.63) is 24.8 Å². The molecular weight excluding hydrogens is 156 g/mol. The second-order valence-electron chi connectivity index (χ2n) is 2.87. The quantitative estimate of drug-likeness (QED) is 0.503. The highest BCUT2D eigenvalue weighted by Gasteiger charge is 2.12. The van der Waals surface area contributed by atoms with E-state index in [2.05, 4.69) is 6.58 Å². The van der Waals surface area contributed by atoms with E-state index in [4.69, 9.17) is 9.84 Å². The van der Waals surface area contributed by atoms with Crippen molar-refractivity contribution in [1.82, 2.24) is 0 Å². The van der Waals surface area contributed by atoms with Crippen LogP contribution in [0.25, 0.3) is 0 Å². The van der Waals surface area contributed by atoms with Crippen molar-refractivity contribution in [3.63, 3.8) is 0 Å². The van der Waals surface area contributed by atoms with Crippen molar-refractivity contribution in [2.75, 3.05) is 6.61 Å². The van der Waals surface area contributed by atoms with Crippen LogP contribution in [0, 0.1) is 0 Å². The fraction of sp³-hybridized carbons (Fsp3) is 0.444. The van der Waals surface area contributed by atoms with E-state index in [0.29, 0.717) is 6.61 Å². The van der Waals surface area contributed by atoms with Gasteiger partial charge in [-0.15, -0.1) is 6.58 Å². The molecule has 1 N–H and O–H groups in total. The molecule has 0 fully saturated rings. The largest absolute Gasteiger partial charge is 0.478 e. The monoisotopic (exact) mass is 170 g/mol. The van der Waals surface area contributed by atoms with Crippen LogP contribution in [0.15, 0.2) is 24.8 Å². The van der Waals surface area contributed by atoms with E-state index in [1.54, 1.807) is 19.9 Å². The molecule has 0 aliphatic carbocycles. The fourth-order valence-corrected chi connectivity index (χ4v) is 0.594. The van der Waals surface area contributed by atoms with Gasteiger partial charge in [-0.3, -0.25) is 0 Å². The van der Waals surface area contributed by atoms with E-state index in [-0.39, 0.29) is 0 Å². The van der Waals surface area contributed by atoms with Crippen LogP contribution in [0.2, 0.25) is 0 Å². The summed E-state index contributed by atoms with van der Waals surface area (Å²) in [4.78, 5) is 10.2. The molecule has 12 heavy (non-hydrogen) atoms. The first-order valence-electron chi connectivity index (χ1n) is 3.65. The summed E-state index contributed by atoms with van der Waals surface area (Å²) >= 11 is 0. The Balaban J connectivity index is 4.01. The summed E-state index contributed by atoms with van der Waals surface area (Å²) in [5.74, 6) is -0.967. The number of carbonyl (C=O) groups is 1. The smallest absolute Gasteiger partial charge is 0.328 e. The molecule has 3 heteroatoms. The van der Waals surface area contributed by atoms with Crippen molar-refractivity contribution >= 4 is 5.97 Å². The Bertz CT molecular complexity index is 192. The third kappa shape index (κ3) is 5.68. The Morgan fingerprint density at radius 1 is 1.67 bits per heavy atom. The Kier molecular flexibility index (Phi) is 4.29. The van der Waals surface area contributed by atoms with Gasteiger partial charge in [-0.05, 0) is 19.9 Å². The minimum atomic E-state index is -0.967. The van der Waals surface area contributed by atoms with E-state index in [1.165, 1.54) is 6.08 Å². The number of rotatable bonds is 5. The molecule has 0 radical (unpaired) electrons. The lowest BCUT2D eigenvalue weighted by atomic mass is 10.1. The maximum Gasteiger partial charge on any atom is 0.328 e. The van der Waals surface area contributed by atoms with Gasteiger partial charge in [-0.25, -0.2) is 4.79 Å². The molecule has 0 aromatic rings. The number of carboxylic acid groups (broad SMARTS) is 1. The van der Waals surface area contributed by atoms with Crippen LogP contribution in [0.3, 0.4) is 0 Å². The highest BCUT2D eigenvalue weighted by atomic mass is 16.5. The van der Waals surface area contributed by atoms with Crippen LogP contribution in [0.1, 0.15) is 13.8 Å². The molecule has 0 heterocycles. The Hall–Kier alpha value is -1.09. The number of aliphatic carboxylic acids is 1. The van der Waals surface area contributed by atoms with Crippen molar-refractivity contribution in [2.24, 2.45) is 0 Å². The second-order valence-corrected chi connectivity index (χ2v) is 2.87. The van der Waals surface area contributed by atoms with Gasteiger partial charge in [0.1, 0.15) is 0 Å². The molecule has 0 saturated heterocycles. The van der Waals surface area contributed by atoms with Crippen LogP contribution in [-0.4, -0.2) is 23.3 Å². The summed E-state index contributed by atoms with van der Waals surface area (Å²) in [5, 5.41) is 8.34. The minimum absolute atomic E-state index is 0.414. The molecule has 0 aliphatic heterocycles. The van der Waals surface area contributed by atoms with Crippen LogP contribution < -0.4 is 0 Å². The fourth-order valence-electron chi connectivity index (χ4n) is 0.594. The zero-order valence-electron chi connectivity index (χ0n) is 7.41. The summed E-state index contributed by atoms with van der Waals surface area (Å²) in [6.07, 6.45) is 4.19. The highest BCUT2D eigenvalue weighted by molar-refractivity contribution is 5.79. The third-order valence-electron chi connectivity index (χ3n) is 1.20. The first-order valence-corrected chi connectivity index (χ1v) is 3.65. The number of carboxylic acids is 1. The lowest BCUT2D eigenvalue weighted by Gasteiger charge is -2.19. The molecule has 3 nitrogen and oxygen atoms in total. The SMILES string of the molecule is C=CCOC(C)(C)/C=C/C(=O)O. The first kappa shape index (κ1) is 10.9. The van der Waals surface area contributed by atoms with Gasteiger partial charge in [0.25, 0.3) is 0 Å². The van der Waals surface area contributed by atoms with Crippen molar-refractivity contribution in [1.29, 1.82) is 0 Å². The van der Waals surface area contributed by atoms with Gasteiger partial charge in [-0.2, -0.15) is 0 Å². The standard InChI is InChI=1S/C9H14O3/c1-4-7-12-9(2,3)6-5-8(10)11/h4-6H,1,7H2,2-3H3,(H,10,11)/b6-5+. The van der Waals surface area contributed by atoms with Gasteiger partial charge >= 0.3 is 5.97 Å². The number of ether oxygens (including phenoxy) is 1. The third-order valence-corrected chi connectivity index (χ3v) is 1.20. The lowest BCUT2D eigenvalue weighted by molar-refractivity contribution is -0.131. The molecule has 0 spiro atoms. The topological polar surface area (TPSA) is 46.5 Å². The number of hydrogen-bond donors (Lipinski definition) is 1. The summed E-state index contributed by atoms with van der Waals surface area (Å²) < 4.78 is 5.26. The van der Waals surface area contributed by atoms with Gasteiger partial charge in [0.05, 0.1) is 12.2 Å². The molecule has 0 unspecified atom stereocenters. The Labute approximate surface area is 72.3 Å². The molecule has 0 bridgehead atoms. The summed E-state index contributed by atoms with van der Waals surface area (Å²) in [6.45, 7) is 7.48. The lowest BCUT2D eigenvalue weighted by Crippen LogP contribution is -2.21. The van der Waals surface area contributed by atoms with E-state index in [9.17, 15) is 4.79 Å². The molecule has 68 valence electrons. The molecule has 0 atom stereocenters. The van der Waals surface area contributed by atoms with E-state index < -0.39 is 11.6 Å². The zero-order chi connectivity index (χ0) is 9.61. The summed E-state index contributed by atoms with van der Waals surface area (Å²) in [5.41, 5.74) is -0.549. The molecule has 0 rings (SSSR count). The maximum absolute atomic E-state index is 10.2. The molecule has 0 aliphatic rings. The molecule has 0 aromatic heterocycles. The molecular formula is C9H14O3. The predicted molar refractivity (Wildman–Crippen MR) is 47.0 cm³/mol. The minimum Gasteiger partial charge on any atom is -0.478 e. The van der Waals surface area contributed by atoms with Crippen LogP contribution in [0.5, 0.6) is 0 Å². The van der Waals surface area contributed by atoms with Gasteiger partial charge in [0.15, 0.2) is 0 Å². The van der Waals surface area contributed by atoms with Crippen molar-refractivity contribution in [3.8, 4) is 0 Å². The number of hydrogen-bond acceptors (Lipinski definition) is 2. The van der Waals surface area contributed by atoms with Crippen molar-refractivity contribution < 1.29 is 14.6 Å². The van der Waals surface area contributed by atoms with E-state index in [0.717, 1.165) is 6.08 Å². The Morgan fingerprint density at radius 2 is 2.25 bits per heavy atom. The molecule has 0 amide bonds. The zero-order valence-corrected chi connectivity index (χ0v) is 7.41. The normalized spacial score (nSPS) is 11.8. The molecule has 0 aromatic carbocycles. The van der Waals surface area contributed by atoms with Crippen molar-refractivity contribution in [2.45, 2.75) is 19.4 Å². The molecule has 0 saturated carbocycles. The Morgan fingerprint density at radius 3 is 2.67 bits per heavy atom. The van der Waals surface area contributed by atoms with Gasteiger partial charge < -0.3 is 9.84 Å². The predicted octanol–water partition coefficient (Wildman–Crippen LogP) is 1.61. The van der Waals surface area contributed by atoms with Gasteiger partial charge in [0, 0.05) is 6.08 Å². The van der Waals surface area contributed by atoms with Crippen LogP contribution in [-0.2, 0) is 9.53 Å². The maximum atomic E-state index is 10.2. The van der Waals surface area contributed by atoms with Crippen LogP contribution in [0.4, 0.5) is 0 Å². The summed E-state index contributed by atoms with van der Waals surface area (Å²) in [7, 11) is 0. The van der Waals surface area contributed by atoms with Gasteiger partial charge in [0.2, 0.25) is 0 Å². The van der Waals surface area contributed by atoms with E-state index in [1.807, 2.05) is 0 Å². The average Bonchev–Trinajstić information content (AvgIpc) is 1.98. The van der Waals surface area contributed by atoms with E-state index >= 15 is 0 Å². The average molecular weight is 170 g/mol. The highest BCUT2D eigenvalue weighted by Crippen LogP contribution is 2.10. The van der Waals surface area contributed by atoms with Crippen LogP contribution >= 0.6 is 0 Å². The first-order chi connectivity index (χ1) is 5.48. The second kappa shape index (κ2) is 4.72.